The number of methoxy groups -OCH3 is 2. The Hall–Kier alpha value is -3.07. The van der Waals surface area contributed by atoms with Crippen LogP contribution in [0.15, 0.2) is 41.3 Å². The first-order valence-electron chi connectivity index (χ1n) is 10.7. The topological polar surface area (TPSA) is 77.5 Å². The van der Waals surface area contributed by atoms with Gasteiger partial charge in [-0.1, -0.05) is 0 Å². The number of ether oxygens (including phenoxy) is 4. The van der Waals surface area contributed by atoms with E-state index in [0.717, 1.165) is 22.5 Å². The zero-order valence-corrected chi connectivity index (χ0v) is 20.5. The molecule has 0 aliphatic carbocycles. The zero-order chi connectivity index (χ0) is 27.4. The minimum absolute atomic E-state index is 0.0656. The van der Waals surface area contributed by atoms with Crippen LogP contribution < -0.4 is 23.8 Å². The van der Waals surface area contributed by atoms with E-state index in [1.807, 2.05) is 4.90 Å². The Bertz CT molecular complexity index is 1180. The maximum Gasteiger partial charge on any atom is 0.422 e. The molecule has 3 rings (SSSR count). The molecule has 0 N–H and O–H groups in total. The van der Waals surface area contributed by atoms with Crippen molar-refractivity contribution in [2.45, 2.75) is 17.2 Å². The predicted octanol–water partition coefficient (Wildman–Crippen LogP) is 4.10. The fourth-order valence-electron chi connectivity index (χ4n) is 3.58. The Morgan fingerprint density at radius 1 is 0.757 bits per heavy atom. The minimum atomic E-state index is -4.77. The second kappa shape index (κ2) is 11.1. The molecule has 2 aromatic rings. The fraction of sp³-hybridized carbons (Fsp3) is 0.455. The first-order chi connectivity index (χ1) is 17.2. The van der Waals surface area contributed by atoms with Crippen LogP contribution in [0.25, 0.3) is 0 Å². The lowest BCUT2D eigenvalue weighted by molar-refractivity contribution is -0.154. The van der Waals surface area contributed by atoms with Crippen LogP contribution >= 0.6 is 0 Å². The molecule has 0 spiro atoms. The van der Waals surface area contributed by atoms with E-state index in [-0.39, 0.29) is 26.2 Å². The molecule has 15 heteroatoms. The molecule has 1 heterocycles. The number of sulfonamides is 1. The summed E-state index contributed by atoms with van der Waals surface area (Å²) < 4.78 is 123. The number of piperazine rings is 1. The summed E-state index contributed by atoms with van der Waals surface area (Å²) in [5.74, 6) is -0.0957. The van der Waals surface area contributed by atoms with Gasteiger partial charge < -0.3 is 23.8 Å². The Kier molecular flexibility index (Phi) is 8.57. The summed E-state index contributed by atoms with van der Waals surface area (Å²) in [5.41, 5.74) is 0.678. The van der Waals surface area contributed by atoms with Gasteiger partial charge in [0.1, 0.15) is 27.9 Å². The van der Waals surface area contributed by atoms with Crippen molar-refractivity contribution in [1.29, 1.82) is 0 Å². The molecular weight excluding hydrogens is 534 g/mol. The highest BCUT2D eigenvalue weighted by Crippen LogP contribution is 2.36. The van der Waals surface area contributed by atoms with Crippen LogP contribution in [0.3, 0.4) is 0 Å². The largest absolute Gasteiger partial charge is 0.497 e. The summed E-state index contributed by atoms with van der Waals surface area (Å²) in [6, 6.07) is 7.58. The third kappa shape index (κ3) is 7.47. The molecule has 8 nitrogen and oxygen atoms in total. The molecule has 0 radical (unpaired) electrons. The van der Waals surface area contributed by atoms with Crippen LogP contribution in [0, 0.1) is 0 Å². The highest BCUT2D eigenvalue weighted by molar-refractivity contribution is 7.89. The molecule has 37 heavy (non-hydrogen) atoms. The number of alkyl halides is 6. The maximum atomic E-state index is 13.4. The predicted molar refractivity (Wildman–Crippen MR) is 120 cm³/mol. The molecule has 1 fully saturated rings. The fourth-order valence-corrected chi connectivity index (χ4v) is 5.15. The van der Waals surface area contributed by atoms with E-state index in [4.69, 9.17) is 9.47 Å². The summed E-state index contributed by atoms with van der Waals surface area (Å²) in [5, 5.41) is 0. The summed E-state index contributed by atoms with van der Waals surface area (Å²) in [6.45, 7) is -3.23. The average Bonchev–Trinajstić information content (AvgIpc) is 2.85. The van der Waals surface area contributed by atoms with Gasteiger partial charge in [0, 0.05) is 38.3 Å². The highest BCUT2D eigenvalue weighted by Gasteiger charge is 2.35. The molecule has 1 aliphatic rings. The molecule has 0 unspecified atom stereocenters. The Labute approximate surface area is 209 Å². The SMILES string of the molecule is COc1ccc(N2CCN(S(=O)(=O)c3cc(OCC(F)(F)F)ccc3OCC(F)(F)F)CC2)c(OC)c1. The molecule has 0 bridgehead atoms. The Morgan fingerprint density at radius 2 is 1.35 bits per heavy atom. The number of halogens is 6. The number of rotatable bonds is 9. The van der Waals surface area contributed by atoms with Crippen molar-refractivity contribution in [2.24, 2.45) is 0 Å². The lowest BCUT2D eigenvalue weighted by Crippen LogP contribution is -2.48. The molecule has 0 saturated carbocycles. The van der Waals surface area contributed by atoms with Crippen LogP contribution in [-0.2, 0) is 10.0 Å². The van der Waals surface area contributed by atoms with Crippen molar-refractivity contribution >= 4 is 15.7 Å². The maximum absolute atomic E-state index is 13.4. The van der Waals surface area contributed by atoms with Gasteiger partial charge in [0.05, 0.1) is 19.9 Å². The number of hydrogen-bond donors (Lipinski definition) is 0. The Morgan fingerprint density at radius 3 is 1.92 bits per heavy atom. The summed E-state index contributed by atoms with van der Waals surface area (Å²) in [4.78, 5) is 1.13. The quantitative estimate of drug-likeness (QED) is 0.429. The van der Waals surface area contributed by atoms with Crippen LogP contribution in [0.4, 0.5) is 32.0 Å². The third-order valence-electron chi connectivity index (χ3n) is 5.29. The molecule has 0 aromatic heterocycles. The van der Waals surface area contributed by atoms with Gasteiger partial charge in [-0.2, -0.15) is 30.6 Å². The van der Waals surface area contributed by atoms with Gasteiger partial charge in [0.15, 0.2) is 13.2 Å². The van der Waals surface area contributed by atoms with Crippen LogP contribution in [0.5, 0.6) is 23.0 Å². The summed E-state index contributed by atoms with van der Waals surface area (Å²) in [7, 11) is -1.51. The third-order valence-corrected chi connectivity index (χ3v) is 7.21. The standard InChI is InChI=1S/C22H24F6N2O6S/c1-33-15-3-5-17(19(11-15)34-2)29-7-9-30(10-8-29)37(31,32)20-12-16(35-13-21(23,24)25)4-6-18(20)36-14-22(26,27)28/h3-6,11-12H,7-10,13-14H2,1-2H3. The van der Waals surface area contributed by atoms with E-state index < -0.39 is 52.0 Å². The van der Waals surface area contributed by atoms with Gasteiger partial charge in [-0.05, 0) is 24.3 Å². The van der Waals surface area contributed by atoms with Gasteiger partial charge in [0.25, 0.3) is 0 Å². The monoisotopic (exact) mass is 558 g/mol. The van der Waals surface area contributed by atoms with E-state index in [1.54, 1.807) is 18.2 Å². The number of anilines is 1. The van der Waals surface area contributed by atoms with Crippen molar-refractivity contribution in [1.82, 2.24) is 4.31 Å². The van der Waals surface area contributed by atoms with Gasteiger partial charge in [-0.3, -0.25) is 0 Å². The summed E-state index contributed by atoms with van der Waals surface area (Å²) in [6.07, 6.45) is -9.47. The van der Waals surface area contributed by atoms with Crippen LogP contribution in [0.1, 0.15) is 0 Å². The van der Waals surface area contributed by atoms with Crippen molar-refractivity contribution in [2.75, 3.05) is 58.5 Å². The Balaban J connectivity index is 1.84. The molecule has 0 amide bonds. The van der Waals surface area contributed by atoms with Crippen LogP contribution in [-0.4, -0.2) is 78.7 Å². The van der Waals surface area contributed by atoms with Gasteiger partial charge in [0.2, 0.25) is 10.0 Å². The first kappa shape index (κ1) is 28.5. The average molecular weight is 558 g/mol. The lowest BCUT2D eigenvalue weighted by Gasteiger charge is -2.36. The van der Waals surface area contributed by atoms with Gasteiger partial charge in [-0.25, -0.2) is 8.42 Å². The zero-order valence-electron chi connectivity index (χ0n) is 19.7. The number of nitrogens with zero attached hydrogens (tertiary/aromatic N) is 2. The normalized spacial score (nSPS) is 15.4. The number of benzene rings is 2. The second-order valence-corrected chi connectivity index (χ2v) is 9.75. The van der Waals surface area contributed by atoms with Crippen LogP contribution in [0.2, 0.25) is 0 Å². The summed E-state index contributed by atoms with van der Waals surface area (Å²) >= 11 is 0. The lowest BCUT2D eigenvalue weighted by atomic mass is 10.2. The van der Waals surface area contributed by atoms with Gasteiger partial charge >= 0.3 is 12.4 Å². The smallest absolute Gasteiger partial charge is 0.422 e. The molecule has 2 aromatic carbocycles. The minimum Gasteiger partial charge on any atom is -0.497 e. The molecule has 1 aliphatic heterocycles. The van der Waals surface area contributed by atoms with E-state index in [0.29, 0.717) is 17.2 Å². The molecular formula is C22H24F6N2O6S. The highest BCUT2D eigenvalue weighted by atomic mass is 32.2. The molecule has 206 valence electrons. The van der Waals surface area contributed by atoms with Crippen molar-refractivity contribution < 1.29 is 53.7 Å². The van der Waals surface area contributed by atoms with E-state index in [2.05, 4.69) is 9.47 Å². The van der Waals surface area contributed by atoms with E-state index in [9.17, 15) is 34.8 Å². The first-order valence-corrected chi connectivity index (χ1v) is 12.2. The second-order valence-electron chi connectivity index (χ2n) is 7.85. The van der Waals surface area contributed by atoms with Crippen molar-refractivity contribution in [3.8, 4) is 23.0 Å². The van der Waals surface area contributed by atoms with Crippen molar-refractivity contribution in [3.63, 3.8) is 0 Å². The van der Waals surface area contributed by atoms with E-state index >= 15 is 0 Å². The van der Waals surface area contributed by atoms with E-state index in [1.165, 1.54) is 14.2 Å². The number of hydrogen-bond acceptors (Lipinski definition) is 7. The molecule has 1 saturated heterocycles. The molecule has 0 atom stereocenters. The van der Waals surface area contributed by atoms with Gasteiger partial charge in [-0.15, -0.1) is 0 Å². The van der Waals surface area contributed by atoms with Crippen molar-refractivity contribution in [3.05, 3.63) is 36.4 Å².